The zero-order chi connectivity index (χ0) is 14.8. The fraction of sp³-hybridized carbons (Fsp3) is 0.158. The summed E-state index contributed by atoms with van der Waals surface area (Å²) in [5.41, 5.74) is 9.97. The average molecular weight is 277 g/mol. The third kappa shape index (κ3) is 2.50. The van der Waals surface area contributed by atoms with Gasteiger partial charge in [0, 0.05) is 5.39 Å². The third-order valence-corrected chi connectivity index (χ3v) is 3.91. The largest absolute Gasteiger partial charge is 0.496 e. The van der Waals surface area contributed by atoms with E-state index in [0.717, 1.165) is 27.6 Å². The maximum atomic E-state index is 6.48. The van der Waals surface area contributed by atoms with Crippen LogP contribution in [0.3, 0.4) is 0 Å². The van der Waals surface area contributed by atoms with Crippen molar-refractivity contribution in [2.75, 3.05) is 7.11 Å². The molecule has 0 radical (unpaired) electrons. The molecule has 0 heterocycles. The summed E-state index contributed by atoms with van der Waals surface area (Å²) >= 11 is 0. The zero-order valence-corrected chi connectivity index (χ0v) is 12.3. The van der Waals surface area contributed by atoms with Crippen molar-refractivity contribution in [2.24, 2.45) is 5.73 Å². The van der Waals surface area contributed by atoms with Gasteiger partial charge in [0.2, 0.25) is 0 Å². The Morgan fingerprint density at radius 3 is 2.19 bits per heavy atom. The summed E-state index contributed by atoms with van der Waals surface area (Å²) in [5, 5.41) is 2.24. The molecule has 1 unspecified atom stereocenters. The number of methoxy groups -OCH3 is 1. The van der Waals surface area contributed by atoms with Crippen molar-refractivity contribution < 1.29 is 4.74 Å². The van der Waals surface area contributed by atoms with Crippen LogP contribution < -0.4 is 10.5 Å². The molecule has 0 spiro atoms. The number of benzene rings is 3. The summed E-state index contributed by atoms with van der Waals surface area (Å²) < 4.78 is 5.44. The van der Waals surface area contributed by atoms with Gasteiger partial charge in [0.1, 0.15) is 5.75 Å². The lowest BCUT2D eigenvalue weighted by Crippen LogP contribution is -2.12. The maximum Gasteiger partial charge on any atom is 0.126 e. The van der Waals surface area contributed by atoms with Crippen molar-refractivity contribution >= 4 is 10.8 Å². The first-order valence-electron chi connectivity index (χ1n) is 7.08. The maximum absolute atomic E-state index is 6.48. The van der Waals surface area contributed by atoms with E-state index in [1.165, 1.54) is 5.56 Å². The molecule has 0 amide bonds. The van der Waals surface area contributed by atoms with Crippen LogP contribution >= 0.6 is 0 Å². The van der Waals surface area contributed by atoms with Crippen LogP contribution in [0.25, 0.3) is 10.8 Å². The molecule has 0 aliphatic rings. The number of hydrogen-bond donors (Lipinski definition) is 1. The molecule has 21 heavy (non-hydrogen) atoms. The molecular formula is C19H19NO. The number of nitrogens with two attached hydrogens (primary N) is 1. The molecule has 0 aromatic heterocycles. The number of rotatable bonds is 3. The molecule has 3 aromatic rings. The second kappa shape index (κ2) is 5.58. The first-order chi connectivity index (χ1) is 10.2. The van der Waals surface area contributed by atoms with Crippen molar-refractivity contribution in [3.05, 3.63) is 77.4 Å². The van der Waals surface area contributed by atoms with Gasteiger partial charge in [-0.1, -0.05) is 60.2 Å². The highest BCUT2D eigenvalue weighted by molar-refractivity contribution is 5.91. The second-order valence-corrected chi connectivity index (χ2v) is 5.29. The number of ether oxygens (including phenoxy) is 1. The lowest BCUT2D eigenvalue weighted by molar-refractivity contribution is 0.419. The first kappa shape index (κ1) is 13.7. The van der Waals surface area contributed by atoms with Crippen LogP contribution in [0.4, 0.5) is 0 Å². The van der Waals surface area contributed by atoms with Gasteiger partial charge in [0.25, 0.3) is 0 Å². The van der Waals surface area contributed by atoms with Crippen LogP contribution in [0.2, 0.25) is 0 Å². The van der Waals surface area contributed by atoms with Crippen LogP contribution in [0.15, 0.2) is 60.7 Å². The second-order valence-electron chi connectivity index (χ2n) is 5.29. The lowest BCUT2D eigenvalue weighted by atomic mass is 9.93. The summed E-state index contributed by atoms with van der Waals surface area (Å²) in [7, 11) is 1.70. The van der Waals surface area contributed by atoms with Gasteiger partial charge in [0.05, 0.1) is 13.2 Å². The SMILES string of the molecule is COc1ccc(C(N)c2ccc(C)cc2)c2ccccc12. The Morgan fingerprint density at radius 1 is 0.857 bits per heavy atom. The molecule has 0 bridgehead atoms. The van der Waals surface area contributed by atoms with E-state index >= 15 is 0 Å². The molecule has 0 fully saturated rings. The van der Waals surface area contributed by atoms with Gasteiger partial charge in [-0.2, -0.15) is 0 Å². The predicted molar refractivity (Wildman–Crippen MR) is 87.7 cm³/mol. The topological polar surface area (TPSA) is 35.2 Å². The minimum Gasteiger partial charge on any atom is -0.496 e. The van der Waals surface area contributed by atoms with Gasteiger partial charge < -0.3 is 10.5 Å². The number of hydrogen-bond acceptors (Lipinski definition) is 2. The summed E-state index contributed by atoms with van der Waals surface area (Å²) in [6.45, 7) is 2.08. The smallest absolute Gasteiger partial charge is 0.126 e. The average Bonchev–Trinajstić information content (AvgIpc) is 2.54. The monoisotopic (exact) mass is 277 g/mol. The van der Waals surface area contributed by atoms with Crippen LogP contribution in [0, 0.1) is 6.92 Å². The minimum atomic E-state index is -0.138. The van der Waals surface area contributed by atoms with Gasteiger partial charge in [-0.05, 0) is 29.5 Å². The van der Waals surface area contributed by atoms with E-state index in [-0.39, 0.29) is 6.04 Å². The van der Waals surface area contributed by atoms with Crippen molar-refractivity contribution in [1.82, 2.24) is 0 Å². The predicted octanol–water partition coefficient (Wildman–Crippen LogP) is 4.20. The van der Waals surface area contributed by atoms with Gasteiger partial charge >= 0.3 is 0 Å². The van der Waals surface area contributed by atoms with Crippen LogP contribution in [0.5, 0.6) is 5.75 Å². The Labute approximate surface area is 125 Å². The van der Waals surface area contributed by atoms with E-state index in [0.29, 0.717) is 0 Å². The Balaban J connectivity index is 2.14. The van der Waals surface area contributed by atoms with E-state index in [2.05, 4.69) is 49.4 Å². The summed E-state index contributed by atoms with van der Waals surface area (Å²) in [5.74, 6) is 0.880. The molecule has 0 saturated carbocycles. The van der Waals surface area contributed by atoms with Gasteiger partial charge in [-0.15, -0.1) is 0 Å². The van der Waals surface area contributed by atoms with E-state index in [9.17, 15) is 0 Å². The molecule has 0 saturated heterocycles. The van der Waals surface area contributed by atoms with Gasteiger partial charge in [-0.25, -0.2) is 0 Å². The molecule has 3 rings (SSSR count). The van der Waals surface area contributed by atoms with Crippen molar-refractivity contribution in [1.29, 1.82) is 0 Å². The van der Waals surface area contributed by atoms with Crippen molar-refractivity contribution in [3.63, 3.8) is 0 Å². The molecule has 2 heteroatoms. The Hall–Kier alpha value is -2.32. The highest BCUT2D eigenvalue weighted by Crippen LogP contribution is 2.33. The fourth-order valence-corrected chi connectivity index (χ4v) is 2.70. The summed E-state index contributed by atoms with van der Waals surface area (Å²) in [4.78, 5) is 0. The van der Waals surface area contributed by atoms with Crippen LogP contribution in [-0.2, 0) is 0 Å². The molecule has 106 valence electrons. The van der Waals surface area contributed by atoms with Gasteiger partial charge in [-0.3, -0.25) is 0 Å². The van der Waals surface area contributed by atoms with Crippen LogP contribution in [0.1, 0.15) is 22.7 Å². The van der Waals surface area contributed by atoms with Crippen molar-refractivity contribution in [2.45, 2.75) is 13.0 Å². The van der Waals surface area contributed by atoms with Gasteiger partial charge in [0.15, 0.2) is 0 Å². The number of fused-ring (bicyclic) bond motifs is 1. The lowest BCUT2D eigenvalue weighted by Gasteiger charge is -2.17. The first-order valence-corrected chi connectivity index (χ1v) is 7.08. The molecule has 3 aromatic carbocycles. The highest BCUT2D eigenvalue weighted by Gasteiger charge is 2.14. The normalized spacial score (nSPS) is 12.3. The zero-order valence-electron chi connectivity index (χ0n) is 12.3. The Morgan fingerprint density at radius 2 is 1.52 bits per heavy atom. The minimum absolute atomic E-state index is 0.138. The summed E-state index contributed by atoms with van der Waals surface area (Å²) in [6, 6.07) is 20.5. The Kier molecular flexibility index (Phi) is 3.63. The quantitative estimate of drug-likeness (QED) is 0.778. The molecule has 2 N–H and O–H groups in total. The standard InChI is InChI=1S/C19H19NO/c1-13-7-9-14(10-8-13)19(20)17-11-12-18(21-2)16-6-4-3-5-15(16)17/h3-12,19H,20H2,1-2H3. The molecule has 2 nitrogen and oxygen atoms in total. The Bertz CT molecular complexity index is 762. The molecular weight excluding hydrogens is 258 g/mol. The van der Waals surface area contributed by atoms with Crippen LogP contribution in [-0.4, -0.2) is 7.11 Å². The molecule has 1 atom stereocenters. The fourth-order valence-electron chi connectivity index (χ4n) is 2.70. The highest BCUT2D eigenvalue weighted by atomic mass is 16.5. The van der Waals surface area contributed by atoms with E-state index in [4.69, 9.17) is 10.5 Å². The van der Waals surface area contributed by atoms with Crippen molar-refractivity contribution in [3.8, 4) is 5.75 Å². The molecule has 0 aliphatic carbocycles. The van der Waals surface area contributed by atoms with E-state index < -0.39 is 0 Å². The summed E-state index contributed by atoms with van der Waals surface area (Å²) in [6.07, 6.45) is 0. The van der Waals surface area contributed by atoms with E-state index in [1.807, 2.05) is 18.2 Å². The number of aryl methyl sites for hydroxylation is 1. The molecule has 0 aliphatic heterocycles. The van der Waals surface area contributed by atoms with E-state index in [1.54, 1.807) is 7.11 Å². The third-order valence-electron chi connectivity index (χ3n) is 3.91.